The van der Waals surface area contributed by atoms with Gasteiger partial charge in [-0.3, -0.25) is 32.6 Å². The molecule has 1 aliphatic rings. The van der Waals surface area contributed by atoms with Crippen LogP contribution in [0.15, 0.2) is 12.7 Å². The van der Waals surface area contributed by atoms with Gasteiger partial charge in [-0.2, -0.15) is 0 Å². The number of anilines is 1. The van der Waals surface area contributed by atoms with E-state index in [4.69, 9.17) is 10.5 Å². The number of fused-ring (bicyclic) bond motifs is 1. The van der Waals surface area contributed by atoms with Crippen molar-refractivity contribution in [3.8, 4) is 0 Å². The number of phosphoric ester groups is 3. The summed E-state index contributed by atoms with van der Waals surface area (Å²) in [6, 6.07) is 0. The van der Waals surface area contributed by atoms with E-state index in [0.29, 0.717) is 12.2 Å². The van der Waals surface area contributed by atoms with Crippen molar-refractivity contribution in [3.05, 3.63) is 12.7 Å². The number of nitrogens with zero attached hydrogens (tertiary/aromatic N) is 4. The molecule has 7 N–H and O–H groups in total. The third-order valence-corrected chi connectivity index (χ3v) is 12.2. The van der Waals surface area contributed by atoms with E-state index in [0.717, 1.165) is 61.1 Å². The number of aliphatic hydroxyl groups excluding tert-OH is 2. The van der Waals surface area contributed by atoms with Gasteiger partial charge in [0, 0.05) is 37.1 Å². The van der Waals surface area contributed by atoms with Gasteiger partial charge in [0.05, 0.1) is 19.5 Å². The number of nitrogens with one attached hydrogen (secondary N) is 2. The molecule has 2 aromatic rings. The second kappa shape index (κ2) is 27.0. The Hall–Kier alpha value is -0.648. The number of ether oxygens (including phenoxy) is 1. The molecule has 0 aliphatic carbocycles. The summed E-state index contributed by atoms with van der Waals surface area (Å²) in [6.07, 6.45) is -1.73. The summed E-state index contributed by atoms with van der Waals surface area (Å²) in [6.45, 7) is 2.32. The minimum absolute atomic E-state index is 0. The number of hydrogen-bond acceptors (Lipinski definition) is 21. The molecule has 324 valence electrons. The summed E-state index contributed by atoms with van der Waals surface area (Å²) in [4.78, 5) is 94.1. The molecule has 0 saturated carbocycles. The van der Waals surface area contributed by atoms with Gasteiger partial charge in [0.25, 0.3) is 23.5 Å². The van der Waals surface area contributed by atoms with E-state index in [1.165, 1.54) is 13.8 Å². The quantitative estimate of drug-likeness (QED) is 0.0233. The predicted molar refractivity (Wildman–Crippen MR) is 194 cm³/mol. The molecule has 2 aromatic heterocycles. The molecule has 2 amide bonds. The van der Waals surface area contributed by atoms with E-state index in [-0.39, 0.29) is 98.2 Å². The third kappa shape index (κ3) is 19.6. The Morgan fingerprint density at radius 2 is 1.65 bits per heavy atom. The van der Waals surface area contributed by atoms with Gasteiger partial charge >= 0.3 is 56.6 Å². The number of carbonyl (C=O) groups is 3. The average molecular weight is 916 g/mol. The summed E-state index contributed by atoms with van der Waals surface area (Å²) in [7, 11) is -17.3. The van der Waals surface area contributed by atoms with E-state index in [9.17, 15) is 57.9 Å². The van der Waals surface area contributed by atoms with E-state index in [1.54, 1.807) is 0 Å². The van der Waals surface area contributed by atoms with Crippen molar-refractivity contribution in [2.24, 2.45) is 5.41 Å². The van der Waals surface area contributed by atoms with Crippen LogP contribution in [0, 0.1) is 5.41 Å². The molecule has 24 nitrogen and oxygen atoms in total. The number of amides is 2. The minimum atomic E-state index is -5.89. The van der Waals surface area contributed by atoms with Crippen molar-refractivity contribution in [1.29, 1.82) is 0 Å². The molecular formula is C29H47Li3N7O17P3S. The third-order valence-electron chi connectivity index (χ3n) is 8.23. The molecule has 1 fully saturated rings. The summed E-state index contributed by atoms with van der Waals surface area (Å²) < 4.78 is 60.9. The zero-order valence-corrected chi connectivity index (χ0v) is 37.7. The number of nitrogens with two attached hydrogens (primary N) is 1. The number of thioether (sulfide) groups is 1. The smallest absolute Gasteiger partial charge is 0.756 e. The number of rotatable bonds is 25. The van der Waals surface area contributed by atoms with E-state index < -0.39 is 84.6 Å². The number of unbranched alkanes of at least 4 members (excludes halogenated alkanes) is 4. The van der Waals surface area contributed by atoms with E-state index in [1.807, 2.05) is 0 Å². The molecule has 0 aromatic carbocycles. The van der Waals surface area contributed by atoms with Crippen LogP contribution in [0.2, 0.25) is 0 Å². The van der Waals surface area contributed by atoms with Gasteiger partial charge in [0.1, 0.15) is 36.3 Å². The first kappa shape index (κ1) is 59.4. The molecule has 60 heavy (non-hydrogen) atoms. The Morgan fingerprint density at radius 1 is 1.00 bits per heavy atom. The Kier molecular flexibility index (Phi) is 26.7. The van der Waals surface area contributed by atoms with E-state index in [2.05, 4.69) is 50.4 Å². The first-order chi connectivity index (χ1) is 26.6. The molecule has 0 spiro atoms. The molecule has 3 heterocycles. The average Bonchev–Trinajstić information content (AvgIpc) is 3.68. The summed E-state index contributed by atoms with van der Waals surface area (Å²) in [5.74, 6) is -1.12. The summed E-state index contributed by atoms with van der Waals surface area (Å²) in [5, 5.41) is 26.3. The van der Waals surface area contributed by atoms with Crippen LogP contribution in [0.1, 0.15) is 71.9 Å². The molecule has 1 aliphatic heterocycles. The monoisotopic (exact) mass is 915 g/mol. The van der Waals surface area contributed by atoms with Crippen molar-refractivity contribution in [1.82, 2.24) is 30.2 Å². The topological polar surface area (TPSA) is 372 Å². The normalized spacial score (nSPS) is 21.2. The number of aliphatic hydroxyl groups is 2. The van der Waals surface area contributed by atoms with Crippen molar-refractivity contribution in [2.75, 3.05) is 37.8 Å². The maximum absolute atomic E-state index is 12.5. The van der Waals surface area contributed by atoms with Crippen LogP contribution >= 0.6 is 35.2 Å². The number of aromatic nitrogens is 4. The maximum Gasteiger partial charge on any atom is 1.00 e. The van der Waals surface area contributed by atoms with Crippen LogP contribution in [-0.4, -0.2) is 108 Å². The zero-order chi connectivity index (χ0) is 42.6. The SMILES string of the molecule is CC(C)(COP(=O)([O-])OP(=O)([O-])OC[C@H]1O[C@@H](n2cnc3c(N)ncnc32)[C@H](O)[C@@H]1OP(=O)([O-])O)[C@@H](O)C(=O)NCCC(=O)NCCSC(=O)[13CH2]C[13CH2]C[13CH2]C[13CH3].[Li+].[Li+].[Li+]. The number of hydrogen-bond donors (Lipinski definition) is 6. The van der Waals surface area contributed by atoms with Crippen LogP contribution in [0.4, 0.5) is 5.82 Å². The molecule has 0 radical (unpaired) electrons. The maximum atomic E-state index is 12.5. The van der Waals surface area contributed by atoms with Gasteiger partial charge in [-0.05, 0) is 6.42 Å². The van der Waals surface area contributed by atoms with Gasteiger partial charge in [-0.15, -0.1) is 0 Å². The van der Waals surface area contributed by atoms with Gasteiger partial charge in [0.15, 0.2) is 22.8 Å². The zero-order valence-electron chi connectivity index (χ0n) is 34.2. The predicted octanol–water partition coefficient (Wildman–Crippen LogP) is -9.86. The van der Waals surface area contributed by atoms with Gasteiger partial charge in [-0.25, -0.2) is 19.3 Å². The van der Waals surface area contributed by atoms with Crippen LogP contribution in [0.5, 0.6) is 0 Å². The van der Waals surface area contributed by atoms with Crippen molar-refractivity contribution < 1.29 is 137 Å². The molecule has 31 heteroatoms. The van der Waals surface area contributed by atoms with Crippen LogP contribution in [0.3, 0.4) is 0 Å². The standard InChI is InChI=1S/C29H50N7O17P3S.3Li/c1-4-5-6-7-8-9-20(38)57-13-12-31-19(37)10-11-32-27(41)24(40)29(2,3)15-50-56(47,48)53-55(45,46)49-14-18-23(52-54(42,43)44)22(39)28(51-18)36-17-35-21-25(30)33-16-34-26(21)36;;;/h16-18,22-24,28,39-40H,4-15H2,1-3H3,(H,31,37)(H,32,41)(H,45,46)(H,47,48)(H2,30,33,34)(H2,42,43,44);;;/q;3*+1/p-3/t18-,22-,23-,24+,28-;;;/m1.../s1/i1+1,5+1,7+1,9+1;;;. The number of imidazole rings is 1. The Labute approximate surface area is 386 Å². The van der Waals surface area contributed by atoms with Crippen molar-refractivity contribution in [2.45, 2.75) is 96.4 Å². The van der Waals surface area contributed by atoms with Gasteiger partial charge in [-0.1, -0.05) is 58.2 Å². The number of nitrogen functional groups attached to an aromatic ring is 1. The Bertz CT molecular complexity index is 1830. The second-order valence-electron chi connectivity index (χ2n) is 13.4. The summed E-state index contributed by atoms with van der Waals surface area (Å²) >= 11 is 1.12. The first-order valence-electron chi connectivity index (χ1n) is 17.5. The minimum Gasteiger partial charge on any atom is -0.756 e. The van der Waals surface area contributed by atoms with Gasteiger partial charge < -0.3 is 64.5 Å². The van der Waals surface area contributed by atoms with Crippen molar-refractivity contribution >= 4 is 69.1 Å². The van der Waals surface area contributed by atoms with Crippen molar-refractivity contribution in [3.63, 3.8) is 0 Å². The fourth-order valence-corrected chi connectivity index (χ4v) is 8.69. The van der Waals surface area contributed by atoms with Crippen LogP contribution in [-0.2, 0) is 50.7 Å². The van der Waals surface area contributed by atoms with Crippen LogP contribution in [0.25, 0.3) is 11.2 Å². The second-order valence-corrected chi connectivity index (χ2v) is 18.6. The van der Waals surface area contributed by atoms with Crippen LogP contribution < -0.4 is 87.6 Å². The number of phosphoric acid groups is 3. The first-order valence-corrected chi connectivity index (χ1v) is 23.0. The molecule has 3 rings (SSSR count). The molecule has 3 unspecified atom stereocenters. The number of carbonyl (C=O) groups excluding carboxylic acids is 3. The Morgan fingerprint density at radius 3 is 2.30 bits per heavy atom. The molecule has 8 atom stereocenters. The molecule has 0 bridgehead atoms. The van der Waals surface area contributed by atoms with E-state index >= 15 is 0 Å². The fraction of sp³-hybridized carbons (Fsp3) is 0.724. The van der Waals surface area contributed by atoms with Gasteiger partial charge in [0.2, 0.25) is 11.8 Å². The Balaban J connectivity index is 0.0000116. The molecule has 1 saturated heterocycles. The fourth-order valence-electron chi connectivity index (χ4n) is 5.22. The molecular weight excluding hydrogens is 868 g/mol. The summed E-state index contributed by atoms with van der Waals surface area (Å²) in [5.41, 5.74) is 4.12. The largest absolute Gasteiger partial charge is 1.00 e.